The zero-order valence-corrected chi connectivity index (χ0v) is 50.8. The van der Waals surface area contributed by atoms with Crippen LogP contribution in [0, 0.1) is 0 Å². The number of esters is 3. The smallest absolute Gasteiger partial charge is 0.306 e. The summed E-state index contributed by atoms with van der Waals surface area (Å²) in [6.07, 6.45) is 95.4. The van der Waals surface area contributed by atoms with Gasteiger partial charge in [-0.3, -0.25) is 14.4 Å². The molecule has 0 aromatic heterocycles. The molecule has 0 rings (SSSR count). The average Bonchev–Trinajstić information content (AvgIpc) is 3.45. The van der Waals surface area contributed by atoms with Gasteiger partial charge in [-0.2, -0.15) is 0 Å². The minimum Gasteiger partial charge on any atom is -0.462 e. The monoisotopic (exact) mass is 1090 g/mol. The van der Waals surface area contributed by atoms with Crippen LogP contribution in [0.2, 0.25) is 0 Å². The summed E-state index contributed by atoms with van der Waals surface area (Å²) in [6, 6.07) is 0. The molecule has 0 spiro atoms. The fourth-order valence-electron chi connectivity index (χ4n) is 8.27. The van der Waals surface area contributed by atoms with Gasteiger partial charge in [-0.15, -0.1) is 0 Å². The van der Waals surface area contributed by atoms with Gasteiger partial charge < -0.3 is 14.2 Å². The zero-order valence-electron chi connectivity index (χ0n) is 50.8. The van der Waals surface area contributed by atoms with E-state index in [1.54, 1.807) is 0 Å². The minimum atomic E-state index is -0.823. The Bertz CT molecular complexity index is 1780. The molecule has 0 aromatic carbocycles. The van der Waals surface area contributed by atoms with Crippen molar-refractivity contribution >= 4 is 17.9 Å². The highest BCUT2D eigenvalue weighted by atomic mass is 16.6. The van der Waals surface area contributed by atoms with E-state index in [0.29, 0.717) is 25.7 Å². The van der Waals surface area contributed by atoms with Crippen LogP contribution < -0.4 is 0 Å². The zero-order chi connectivity index (χ0) is 57.1. The molecular weight excluding hydrogens is 973 g/mol. The number of allylic oxidation sites excluding steroid dienone is 26. The Hall–Kier alpha value is -4.97. The quantitative estimate of drug-likeness (QED) is 0.0261. The standard InChI is InChI=1S/C73H116O6/c1-4-7-10-13-16-19-22-25-28-30-32-33-34-35-36-37-38-39-41-42-45-48-51-54-57-60-63-66-72(75)78-69-70(68-77-71(74)65-62-59-56-53-50-47-44-27-24-21-18-15-12-9-6-3)79-73(76)67-64-61-58-55-52-49-46-43-40-31-29-26-23-20-17-14-11-8-5-2/h7,9-10,12,16,18-19,21,25-29,32-33,35-36,38-39,42,44-45,50-51,53-54,70H,4-6,8,11,13-15,17,20,22-24,30-31,34,37,40-41,43,46-49,52,55-69H2,1-3H3/b10-7-,12-9-,19-16-,21-18-,28-25-,29-26-,33-32-,36-35-,39-38-,44-27-,45-42-,53-50-,54-51-. The second-order valence-electron chi connectivity index (χ2n) is 20.5. The molecule has 0 N–H and O–H groups in total. The predicted octanol–water partition coefficient (Wildman–Crippen LogP) is 22.1. The number of hydrogen-bond donors (Lipinski definition) is 0. The summed E-state index contributed by atoms with van der Waals surface area (Å²) >= 11 is 0. The second kappa shape index (κ2) is 65.5. The highest BCUT2D eigenvalue weighted by molar-refractivity contribution is 5.71. The van der Waals surface area contributed by atoms with Gasteiger partial charge in [-0.05, 0) is 148 Å². The number of carbonyl (C=O) groups is 3. The van der Waals surface area contributed by atoms with Crippen LogP contribution in [0.25, 0.3) is 0 Å². The Morgan fingerprint density at radius 3 is 0.810 bits per heavy atom. The lowest BCUT2D eigenvalue weighted by atomic mass is 10.1. The maximum absolute atomic E-state index is 12.9. The maximum Gasteiger partial charge on any atom is 0.306 e. The average molecular weight is 1090 g/mol. The van der Waals surface area contributed by atoms with Gasteiger partial charge in [0, 0.05) is 19.3 Å². The Labute approximate surface area is 486 Å². The summed E-state index contributed by atoms with van der Waals surface area (Å²) in [5.41, 5.74) is 0. The van der Waals surface area contributed by atoms with E-state index in [1.165, 1.54) is 89.9 Å². The molecule has 0 fully saturated rings. The van der Waals surface area contributed by atoms with E-state index in [4.69, 9.17) is 14.2 Å². The van der Waals surface area contributed by atoms with Crippen LogP contribution in [0.5, 0.6) is 0 Å². The SMILES string of the molecule is CC/C=C\C/C=C\C/C=C\C/C=C\C/C=C\C/C=C\C/C=C\C/C=C\CCCCC(=O)OCC(COC(=O)CCCC/C=C\C/C=C\C/C=C\C/C=C\CC)OC(=O)CCCCCCCCCCC/C=C\CCCCCCCC. The molecule has 6 heteroatoms. The Balaban J connectivity index is 4.51. The first-order valence-corrected chi connectivity index (χ1v) is 32.0. The molecule has 79 heavy (non-hydrogen) atoms. The summed E-state index contributed by atoms with van der Waals surface area (Å²) in [7, 11) is 0. The van der Waals surface area contributed by atoms with Crippen LogP contribution in [-0.2, 0) is 28.6 Å². The molecule has 0 saturated carbocycles. The topological polar surface area (TPSA) is 78.9 Å². The highest BCUT2D eigenvalue weighted by Crippen LogP contribution is 2.14. The lowest BCUT2D eigenvalue weighted by molar-refractivity contribution is -0.167. The first-order valence-electron chi connectivity index (χ1n) is 32.0. The van der Waals surface area contributed by atoms with Gasteiger partial charge >= 0.3 is 17.9 Å². The molecule has 0 heterocycles. The fourth-order valence-corrected chi connectivity index (χ4v) is 8.27. The van der Waals surface area contributed by atoms with Crippen molar-refractivity contribution in [2.45, 2.75) is 271 Å². The summed E-state index contributed by atoms with van der Waals surface area (Å²) in [5, 5.41) is 0. The summed E-state index contributed by atoms with van der Waals surface area (Å²) in [5.74, 6) is -1.01. The molecule has 0 aliphatic carbocycles. The van der Waals surface area contributed by atoms with Crippen molar-refractivity contribution in [3.8, 4) is 0 Å². The molecule has 0 aliphatic heterocycles. The Kier molecular flexibility index (Phi) is 61.4. The van der Waals surface area contributed by atoms with Crippen LogP contribution in [0.4, 0.5) is 0 Å². The first kappa shape index (κ1) is 74.0. The van der Waals surface area contributed by atoms with Gasteiger partial charge in [0.15, 0.2) is 6.10 Å². The maximum atomic E-state index is 12.9. The highest BCUT2D eigenvalue weighted by Gasteiger charge is 2.19. The molecule has 0 saturated heterocycles. The van der Waals surface area contributed by atoms with Crippen LogP contribution in [0.1, 0.15) is 265 Å². The van der Waals surface area contributed by atoms with Crippen LogP contribution in [0.15, 0.2) is 158 Å². The third kappa shape index (κ3) is 63.7. The van der Waals surface area contributed by atoms with E-state index in [0.717, 1.165) is 122 Å². The largest absolute Gasteiger partial charge is 0.462 e. The summed E-state index contributed by atoms with van der Waals surface area (Å²) in [6.45, 7) is 6.33. The second-order valence-corrected chi connectivity index (χ2v) is 20.5. The number of ether oxygens (including phenoxy) is 3. The third-order valence-corrected chi connectivity index (χ3v) is 13.0. The van der Waals surface area contributed by atoms with E-state index in [9.17, 15) is 14.4 Å². The molecule has 444 valence electrons. The van der Waals surface area contributed by atoms with E-state index in [1.807, 2.05) is 0 Å². The van der Waals surface area contributed by atoms with Crippen molar-refractivity contribution in [2.24, 2.45) is 0 Å². The Morgan fingerprint density at radius 1 is 0.266 bits per heavy atom. The number of rotatable bonds is 56. The molecule has 1 unspecified atom stereocenters. The number of hydrogen-bond acceptors (Lipinski definition) is 6. The van der Waals surface area contributed by atoms with Crippen LogP contribution in [0.3, 0.4) is 0 Å². The van der Waals surface area contributed by atoms with Gasteiger partial charge in [0.05, 0.1) is 0 Å². The molecule has 0 radical (unpaired) electrons. The normalized spacial score (nSPS) is 13.2. The molecule has 0 aliphatic rings. The molecular formula is C73H116O6. The molecule has 1 atom stereocenters. The minimum absolute atomic E-state index is 0.120. The van der Waals surface area contributed by atoms with Crippen molar-refractivity contribution in [1.82, 2.24) is 0 Å². The lowest BCUT2D eigenvalue weighted by Crippen LogP contribution is -2.30. The van der Waals surface area contributed by atoms with Crippen molar-refractivity contribution in [2.75, 3.05) is 13.2 Å². The summed E-state index contributed by atoms with van der Waals surface area (Å²) < 4.78 is 16.8. The molecule has 0 bridgehead atoms. The lowest BCUT2D eigenvalue weighted by Gasteiger charge is -2.18. The van der Waals surface area contributed by atoms with Crippen LogP contribution >= 0.6 is 0 Å². The van der Waals surface area contributed by atoms with Gasteiger partial charge in [-0.25, -0.2) is 0 Å². The van der Waals surface area contributed by atoms with E-state index in [-0.39, 0.29) is 37.5 Å². The van der Waals surface area contributed by atoms with Crippen molar-refractivity contribution in [1.29, 1.82) is 0 Å². The first-order chi connectivity index (χ1) is 39.0. The molecule has 0 amide bonds. The van der Waals surface area contributed by atoms with Gasteiger partial charge in [-0.1, -0.05) is 256 Å². The molecule has 6 nitrogen and oxygen atoms in total. The van der Waals surface area contributed by atoms with Gasteiger partial charge in [0.25, 0.3) is 0 Å². The van der Waals surface area contributed by atoms with Crippen molar-refractivity contribution in [3.63, 3.8) is 0 Å². The third-order valence-electron chi connectivity index (χ3n) is 13.0. The van der Waals surface area contributed by atoms with Crippen molar-refractivity contribution < 1.29 is 28.6 Å². The summed E-state index contributed by atoms with van der Waals surface area (Å²) in [4.78, 5) is 38.3. The fraction of sp³-hybridized carbons (Fsp3) is 0.603. The molecule has 0 aromatic rings. The van der Waals surface area contributed by atoms with E-state index < -0.39 is 6.10 Å². The number of unbranched alkanes of at least 4 members (excludes halogenated alkanes) is 19. The van der Waals surface area contributed by atoms with E-state index >= 15 is 0 Å². The van der Waals surface area contributed by atoms with Gasteiger partial charge in [0.1, 0.15) is 13.2 Å². The Morgan fingerprint density at radius 2 is 0.494 bits per heavy atom. The predicted molar refractivity (Wildman–Crippen MR) is 343 cm³/mol. The van der Waals surface area contributed by atoms with Crippen molar-refractivity contribution in [3.05, 3.63) is 158 Å². The van der Waals surface area contributed by atoms with E-state index in [2.05, 4.69) is 179 Å². The van der Waals surface area contributed by atoms with Crippen LogP contribution in [-0.4, -0.2) is 37.2 Å². The van der Waals surface area contributed by atoms with Gasteiger partial charge in [0.2, 0.25) is 0 Å². The number of carbonyl (C=O) groups excluding carboxylic acids is 3.